The van der Waals surface area contributed by atoms with E-state index in [4.69, 9.17) is 32.7 Å². The van der Waals surface area contributed by atoms with Gasteiger partial charge in [0.25, 0.3) is 0 Å². The summed E-state index contributed by atoms with van der Waals surface area (Å²) >= 11 is 12.2. The van der Waals surface area contributed by atoms with E-state index >= 15 is 0 Å². The molecule has 0 amide bonds. The van der Waals surface area contributed by atoms with Gasteiger partial charge in [0, 0.05) is 5.02 Å². The monoisotopic (exact) mass is 361 g/mol. The van der Waals surface area contributed by atoms with E-state index in [2.05, 4.69) is 6.07 Å². The van der Waals surface area contributed by atoms with Crippen LogP contribution in [0.2, 0.25) is 10.0 Å². The summed E-state index contributed by atoms with van der Waals surface area (Å²) in [4.78, 5) is 0. The van der Waals surface area contributed by atoms with Gasteiger partial charge in [-0.15, -0.1) is 0 Å². The van der Waals surface area contributed by atoms with Gasteiger partial charge >= 0.3 is 0 Å². The molecule has 0 saturated carbocycles. The van der Waals surface area contributed by atoms with Gasteiger partial charge in [0.2, 0.25) is 0 Å². The highest BCUT2D eigenvalue weighted by Gasteiger charge is 2.12. The minimum absolute atomic E-state index is 0.447. The lowest BCUT2D eigenvalue weighted by molar-refractivity contribution is 0.288. The SMILES string of the molecule is CCOc1cc(/C=C(\C#N)c2ccc(Cl)cc2)cc(Cl)c1OCC. The van der Waals surface area contributed by atoms with Crippen molar-refractivity contribution in [2.45, 2.75) is 13.8 Å². The van der Waals surface area contributed by atoms with Crippen molar-refractivity contribution in [2.75, 3.05) is 13.2 Å². The van der Waals surface area contributed by atoms with Crippen molar-refractivity contribution in [3.63, 3.8) is 0 Å². The molecule has 2 aromatic carbocycles. The van der Waals surface area contributed by atoms with Gasteiger partial charge in [-0.25, -0.2) is 0 Å². The second-order valence-electron chi connectivity index (χ2n) is 4.87. The van der Waals surface area contributed by atoms with Gasteiger partial charge in [-0.1, -0.05) is 35.3 Å². The van der Waals surface area contributed by atoms with Gasteiger partial charge in [0.1, 0.15) is 0 Å². The minimum Gasteiger partial charge on any atom is -0.490 e. The fraction of sp³-hybridized carbons (Fsp3) is 0.211. The van der Waals surface area contributed by atoms with Crippen LogP contribution in [0.15, 0.2) is 36.4 Å². The van der Waals surface area contributed by atoms with Crippen LogP contribution in [0.3, 0.4) is 0 Å². The van der Waals surface area contributed by atoms with Crippen LogP contribution in [0.5, 0.6) is 11.5 Å². The van der Waals surface area contributed by atoms with Crippen LogP contribution in [0, 0.1) is 11.3 Å². The summed E-state index contributed by atoms with van der Waals surface area (Å²) in [6.45, 7) is 4.75. The Morgan fingerprint density at radius 3 is 2.33 bits per heavy atom. The van der Waals surface area contributed by atoms with Crippen molar-refractivity contribution in [1.29, 1.82) is 5.26 Å². The predicted molar refractivity (Wildman–Crippen MR) is 98.7 cm³/mol. The summed E-state index contributed by atoms with van der Waals surface area (Å²) in [5.41, 5.74) is 2.05. The van der Waals surface area contributed by atoms with Gasteiger partial charge in [0.05, 0.1) is 29.9 Å². The first-order valence-electron chi connectivity index (χ1n) is 7.55. The zero-order chi connectivity index (χ0) is 17.5. The molecule has 0 aliphatic carbocycles. The zero-order valence-electron chi connectivity index (χ0n) is 13.5. The highest BCUT2D eigenvalue weighted by Crippen LogP contribution is 2.37. The molecule has 0 radical (unpaired) electrons. The Labute approximate surface area is 152 Å². The van der Waals surface area contributed by atoms with E-state index in [1.54, 1.807) is 36.4 Å². The first-order chi connectivity index (χ1) is 11.6. The van der Waals surface area contributed by atoms with Crippen molar-refractivity contribution in [3.8, 4) is 17.6 Å². The third-order valence-corrected chi connectivity index (χ3v) is 3.74. The molecule has 124 valence electrons. The molecular formula is C19H17Cl2NO2. The lowest BCUT2D eigenvalue weighted by Crippen LogP contribution is -1.99. The molecule has 0 unspecified atom stereocenters. The van der Waals surface area contributed by atoms with Crippen LogP contribution in [0.25, 0.3) is 11.6 Å². The lowest BCUT2D eigenvalue weighted by atomic mass is 10.0. The maximum atomic E-state index is 9.45. The lowest BCUT2D eigenvalue weighted by Gasteiger charge is -2.13. The third kappa shape index (κ3) is 4.44. The number of allylic oxidation sites excluding steroid dienone is 1. The molecule has 0 heterocycles. The second kappa shape index (κ2) is 8.63. The average molecular weight is 362 g/mol. The number of benzene rings is 2. The van der Waals surface area contributed by atoms with Crippen LogP contribution < -0.4 is 9.47 Å². The summed E-state index contributed by atoms with van der Waals surface area (Å²) in [7, 11) is 0. The number of ether oxygens (including phenoxy) is 2. The number of rotatable bonds is 6. The Morgan fingerprint density at radius 1 is 1.08 bits per heavy atom. The fourth-order valence-electron chi connectivity index (χ4n) is 2.19. The molecule has 2 aromatic rings. The molecular weight excluding hydrogens is 345 g/mol. The molecule has 0 fully saturated rings. The van der Waals surface area contributed by atoms with E-state index in [1.807, 2.05) is 19.9 Å². The normalized spacial score (nSPS) is 11.0. The van der Waals surface area contributed by atoms with Crippen LogP contribution in [0.1, 0.15) is 25.0 Å². The molecule has 2 rings (SSSR count). The quantitative estimate of drug-likeness (QED) is 0.478. The van der Waals surface area contributed by atoms with Gasteiger partial charge in [-0.05, 0) is 55.3 Å². The summed E-state index contributed by atoms with van der Waals surface area (Å²) < 4.78 is 11.2. The van der Waals surface area contributed by atoms with Crippen LogP contribution >= 0.6 is 23.2 Å². The Hall–Kier alpha value is -2.15. The predicted octanol–water partition coefficient (Wildman–Crippen LogP) is 5.85. The van der Waals surface area contributed by atoms with Gasteiger partial charge in [-0.3, -0.25) is 0 Å². The maximum Gasteiger partial charge on any atom is 0.179 e. The Bertz CT molecular complexity index is 777. The Morgan fingerprint density at radius 2 is 1.75 bits per heavy atom. The summed E-state index contributed by atoms with van der Waals surface area (Å²) in [6, 6.07) is 12.9. The van der Waals surface area contributed by atoms with Crippen molar-refractivity contribution in [1.82, 2.24) is 0 Å². The molecule has 0 spiro atoms. The topological polar surface area (TPSA) is 42.2 Å². The van der Waals surface area contributed by atoms with Crippen LogP contribution in [-0.2, 0) is 0 Å². The Balaban J connectivity index is 2.46. The largest absolute Gasteiger partial charge is 0.490 e. The van der Waals surface area contributed by atoms with Gasteiger partial charge < -0.3 is 9.47 Å². The molecule has 0 N–H and O–H groups in total. The smallest absolute Gasteiger partial charge is 0.179 e. The molecule has 0 aromatic heterocycles. The third-order valence-electron chi connectivity index (χ3n) is 3.21. The van der Waals surface area contributed by atoms with Crippen molar-refractivity contribution < 1.29 is 9.47 Å². The molecule has 0 aliphatic heterocycles. The molecule has 0 atom stereocenters. The fourth-order valence-corrected chi connectivity index (χ4v) is 2.59. The standard InChI is InChI=1S/C19H17Cl2NO2/c1-3-23-18-11-13(10-17(21)19(18)24-4-2)9-15(12-22)14-5-7-16(20)8-6-14/h5-11H,3-4H2,1-2H3/b15-9+. The van der Waals surface area contributed by atoms with Gasteiger partial charge in [0.15, 0.2) is 11.5 Å². The Kier molecular flexibility index (Phi) is 6.54. The van der Waals surface area contributed by atoms with Gasteiger partial charge in [-0.2, -0.15) is 5.26 Å². The first-order valence-corrected chi connectivity index (χ1v) is 8.31. The van der Waals surface area contributed by atoms with E-state index in [9.17, 15) is 5.26 Å². The summed E-state index contributed by atoms with van der Waals surface area (Å²) in [5.74, 6) is 1.08. The average Bonchev–Trinajstić information content (AvgIpc) is 2.57. The highest BCUT2D eigenvalue weighted by atomic mass is 35.5. The van der Waals surface area contributed by atoms with E-state index in [-0.39, 0.29) is 0 Å². The first kappa shape index (κ1) is 18.2. The number of halogens is 2. The van der Waals surface area contributed by atoms with E-state index in [0.717, 1.165) is 11.1 Å². The minimum atomic E-state index is 0.447. The van der Waals surface area contributed by atoms with E-state index in [1.165, 1.54) is 0 Å². The maximum absolute atomic E-state index is 9.45. The number of nitriles is 1. The van der Waals surface area contributed by atoms with E-state index in [0.29, 0.717) is 40.3 Å². The molecule has 0 aliphatic rings. The van der Waals surface area contributed by atoms with Crippen molar-refractivity contribution >= 4 is 34.9 Å². The molecule has 24 heavy (non-hydrogen) atoms. The molecule has 0 bridgehead atoms. The highest BCUT2D eigenvalue weighted by molar-refractivity contribution is 6.32. The molecule has 5 heteroatoms. The van der Waals surface area contributed by atoms with Crippen molar-refractivity contribution in [2.24, 2.45) is 0 Å². The van der Waals surface area contributed by atoms with Crippen molar-refractivity contribution in [3.05, 3.63) is 57.6 Å². The zero-order valence-corrected chi connectivity index (χ0v) is 15.0. The second-order valence-corrected chi connectivity index (χ2v) is 5.72. The molecule has 0 saturated heterocycles. The number of hydrogen-bond donors (Lipinski definition) is 0. The number of nitrogens with zero attached hydrogens (tertiary/aromatic N) is 1. The van der Waals surface area contributed by atoms with E-state index < -0.39 is 0 Å². The molecule has 3 nitrogen and oxygen atoms in total. The van der Waals surface area contributed by atoms with Crippen LogP contribution in [-0.4, -0.2) is 13.2 Å². The van der Waals surface area contributed by atoms with Crippen LogP contribution in [0.4, 0.5) is 0 Å². The number of hydrogen-bond acceptors (Lipinski definition) is 3. The summed E-state index contributed by atoms with van der Waals surface area (Å²) in [5, 5.41) is 10.5. The summed E-state index contributed by atoms with van der Waals surface area (Å²) in [6.07, 6.45) is 1.76.